The Labute approximate surface area is 72.1 Å². The van der Waals surface area contributed by atoms with Crippen LogP contribution in [0.4, 0.5) is 0 Å². The summed E-state index contributed by atoms with van der Waals surface area (Å²) >= 11 is 1.53. The molecule has 0 N–H and O–H groups in total. The van der Waals surface area contributed by atoms with Crippen molar-refractivity contribution in [2.75, 3.05) is 0 Å². The van der Waals surface area contributed by atoms with Gasteiger partial charge in [0.1, 0.15) is 5.69 Å². The maximum atomic E-state index is 10.7. The molecule has 0 aromatic carbocycles. The van der Waals surface area contributed by atoms with Gasteiger partial charge in [0.2, 0.25) is 0 Å². The number of rotatable bonds is 1. The van der Waals surface area contributed by atoms with E-state index in [1.807, 2.05) is 0 Å². The van der Waals surface area contributed by atoms with Crippen LogP contribution in [0.25, 0.3) is 0 Å². The van der Waals surface area contributed by atoms with E-state index in [1.165, 1.54) is 23.0 Å². The minimum absolute atomic E-state index is 0.330. The lowest BCUT2D eigenvalue weighted by molar-refractivity contribution is 0.0794. The van der Waals surface area contributed by atoms with Crippen molar-refractivity contribution in [1.82, 2.24) is 4.98 Å². The molecule has 1 rings (SSSR count). The van der Waals surface area contributed by atoms with Gasteiger partial charge in [-0.3, -0.25) is 0 Å². The van der Waals surface area contributed by atoms with Crippen molar-refractivity contribution >= 4 is 29.0 Å². The maximum Gasteiger partial charge on any atom is 0.366 e. The first-order chi connectivity index (χ1) is 4.84. The minimum atomic E-state index is -0.416. The Morgan fingerprint density at radius 2 is 2.40 bits per heavy atom. The molecule has 0 saturated heterocycles. The monoisotopic (exact) mass is 249 g/mol. The fourth-order valence-electron chi connectivity index (χ4n) is 0.523. The Bertz CT molecular complexity index is 224. The van der Waals surface area contributed by atoms with E-state index in [0.717, 1.165) is 0 Å². The van der Waals surface area contributed by atoms with E-state index in [4.69, 9.17) is 0 Å². The largest absolute Gasteiger partial charge is 0.390 e. The van der Waals surface area contributed by atoms with Crippen molar-refractivity contribution in [3.8, 4) is 0 Å². The quantitative estimate of drug-likeness (QED) is 0.709. The molecule has 1 aromatic heterocycles. The first kappa shape index (κ1) is 7.46. The molecule has 0 radical (unpaired) electrons. The third-order valence-electron chi connectivity index (χ3n) is 0.944. The molecule has 0 aliphatic carbocycles. The first-order valence-corrected chi connectivity index (χ1v) is 3.46. The topological polar surface area (TPSA) is 39.2 Å². The predicted molar refractivity (Wildman–Crippen MR) is 43.7 cm³/mol. The van der Waals surface area contributed by atoms with Crippen molar-refractivity contribution in [2.24, 2.45) is 0 Å². The van der Waals surface area contributed by atoms with E-state index in [9.17, 15) is 4.79 Å². The number of hydrogen-bond acceptors (Lipinski definition) is 3. The molecular formula is C6H4INO2. The number of nitrogens with zero attached hydrogens (tertiary/aromatic N) is 1. The van der Waals surface area contributed by atoms with Crippen LogP contribution < -0.4 is 0 Å². The highest BCUT2D eigenvalue weighted by atomic mass is 127. The van der Waals surface area contributed by atoms with E-state index in [-0.39, 0.29) is 0 Å². The number of hydrogen-bond donors (Lipinski definition) is 0. The normalized spacial score (nSPS) is 8.90. The first-order valence-electron chi connectivity index (χ1n) is 2.58. The minimum Gasteiger partial charge on any atom is -0.390 e. The van der Waals surface area contributed by atoms with Crippen LogP contribution in [0.1, 0.15) is 10.5 Å². The molecule has 0 unspecified atom stereocenters. The summed E-state index contributed by atoms with van der Waals surface area (Å²) in [5, 5.41) is 0. The summed E-state index contributed by atoms with van der Waals surface area (Å²) in [5.74, 6) is -0.416. The van der Waals surface area contributed by atoms with Crippen LogP contribution in [0.2, 0.25) is 0 Å². The van der Waals surface area contributed by atoms with Crippen molar-refractivity contribution < 1.29 is 7.86 Å². The molecule has 0 spiro atoms. The molecule has 0 saturated carbocycles. The summed E-state index contributed by atoms with van der Waals surface area (Å²) in [7, 11) is 0. The van der Waals surface area contributed by atoms with Crippen LogP contribution in [0.5, 0.6) is 0 Å². The summed E-state index contributed by atoms with van der Waals surface area (Å²) in [6.07, 6.45) is 1.54. The Balaban J connectivity index is 2.85. The second-order valence-electron chi connectivity index (χ2n) is 1.58. The average molecular weight is 249 g/mol. The number of halogens is 1. The molecular weight excluding hydrogens is 245 g/mol. The molecule has 0 aliphatic rings. The summed E-state index contributed by atoms with van der Waals surface area (Å²) < 4.78 is 4.40. The van der Waals surface area contributed by atoms with Crippen LogP contribution >= 0.6 is 23.0 Å². The van der Waals surface area contributed by atoms with Crippen LogP contribution in [-0.2, 0) is 3.07 Å². The fourth-order valence-corrected chi connectivity index (χ4v) is 0.749. The van der Waals surface area contributed by atoms with Gasteiger partial charge in [-0.2, -0.15) is 0 Å². The van der Waals surface area contributed by atoms with Gasteiger partial charge in [0.15, 0.2) is 23.0 Å². The average Bonchev–Trinajstić information content (AvgIpc) is 2.05. The van der Waals surface area contributed by atoms with E-state index in [0.29, 0.717) is 5.69 Å². The van der Waals surface area contributed by atoms with Gasteiger partial charge in [0.25, 0.3) is 0 Å². The Morgan fingerprint density at radius 3 is 2.90 bits per heavy atom. The molecule has 52 valence electrons. The molecule has 0 fully saturated rings. The third-order valence-corrected chi connectivity index (χ3v) is 1.34. The van der Waals surface area contributed by atoms with E-state index in [2.05, 4.69) is 8.05 Å². The van der Waals surface area contributed by atoms with Crippen molar-refractivity contribution in [3.63, 3.8) is 0 Å². The van der Waals surface area contributed by atoms with E-state index < -0.39 is 5.97 Å². The Morgan fingerprint density at radius 1 is 1.60 bits per heavy atom. The highest BCUT2D eigenvalue weighted by molar-refractivity contribution is 14.1. The second-order valence-corrected chi connectivity index (χ2v) is 2.02. The summed E-state index contributed by atoms with van der Waals surface area (Å²) in [5.41, 5.74) is 0.330. The zero-order valence-electron chi connectivity index (χ0n) is 4.95. The van der Waals surface area contributed by atoms with Gasteiger partial charge >= 0.3 is 5.97 Å². The summed E-state index contributed by atoms with van der Waals surface area (Å²) in [6, 6.07) is 5.07. The lowest BCUT2D eigenvalue weighted by Gasteiger charge is -1.92. The van der Waals surface area contributed by atoms with E-state index >= 15 is 0 Å². The molecule has 3 nitrogen and oxygen atoms in total. The van der Waals surface area contributed by atoms with Gasteiger partial charge in [-0.15, -0.1) is 0 Å². The molecule has 0 aliphatic heterocycles. The lowest BCUT2D eigenvalue weighted by atomic mass is 10.4. The van der Waals surface area contributed by atoms with Gasteiger partial charge < -0.3 is 3.07 Å². The highest BCUT2D eigenvalue weighted by Gasteiger charge is 2.04. The number of aromatic nitrogens is 1. The predicted octanol–water partition coefficient (Wildman–Crippen LogP) is 1.59. The van der Waals surface area contributed by atoms with Crippen LogP contribution in [0.15, 0.2) is 24.4 Å². The van der Waals surface area contributed by atoms with Crippen LogP contribution in [-0.4, -0.2) is 11.0 Å². The van der Waals surface area contributed by atoms with Gasteiger partial charge in [-0.1, -0.05) is 6.07 Å². The van der Waals surface area contributed by atoms with Crippen molar-refractivity contribution in [2.45, 2.75) is 0 Å². The highest BCUT2D eigenvalue weighted by Crippen LogP contribution is 1.99. The number of pyridine rings is 1. The molecule has 0 bridgehead atoms. The number of carbonyl (C=O) groups is 1. The Kier molecular flexibility index (Phi) is 2.61. The molecule has 10 heavy (non-hydrogen) atoms. The van der Waals surface area contributed by atoms with Gasteiger partial charge in [0.05, 0.1) is 0 Å². The number of carbonyl (C=O) groups excluding carboxylic acids is 1. The molecule has 1 heterocycles. The van der Waals surface area contributed by atoms with Crippen LogP contribution in [0.3, 0.4) is 0 Å². The van der Waals surface area contributed by atoms with Gasteiger partial charge in [-0.05, 0) is 12.1 Å². The van der Waals surface area contributed by atoms with Gasteiger partial charge in [0, 0.05) is 6.20 Å². The summed E-state index contributed by atoms with van der Waals surface area (Å²) in [4.78, 5) is 14.5. The zero-order chi connectivity index (χ0) is 7.40. The fraction of sp³-hybridized carbons (Fsp3) is 0. The second kappa shape index (κ2) is 3.50. The summed E-state index contributed by atoms with van der Waals surface area (Å²) in [6.45, 7) is 0. The molecule has 1 aromatic rings. The molecule has 4 heteroatoms. The Hall–Kier alpha value is -0.650. The van der Waals surface area contributed by atoms with E-state index in [1.54, 1.807) is 24.4 Å². The molecule has 0 amide bonds. The third kappa shape index (κ3) is 1.66. The maximum absolute atomic E-state index is 10.7. The van der Waals surface area contributed by atoms with Crippen LogP contribution in [0, 0.1) is 0 Å². The van der Waals surface area contributed by atoms with Crippen molar-refractivity contribution in [3.05, 3.63) is 30.1 Å². The van der Waals surface area contributed by atoms with Crippen molar-refractivity contribution in [1.29, 1.82) is 0 Å². The zero-order valence-corrected chi connectivity index (χ0v) is 7.11. The smallest absolute Gasteiger partial charge is 0.366 e. The standard InChI is InChI=1S/C6H4INO2/c7-10-6(9)5-3-1-2-4-8-5/h1-4H. The SMILES string of the molecule is O=C(OI)c1ccccn1. The van der Waals surface area contributed by atoms with Gasteiger partial charge in [-0.25, -0.2) is 9.78 Å². The molecule has 0 atom stereocenters. The lowest BCUT2D eigenvalue weighted by Crippen LogP contribution is -1.99.